The fourth-order valence-electron chi connectivity index (χ4n) is 1.24. The maximum Gasteiger partial charge on any atom is 0.340 e. The molecule has 0 fully saturated rings. The largest absolute Gasteiger partial charge is 0.475 e. The van der Waals surface area contributed by atoms with Crippen LogP contribution in [-0.2, 0) is 9.47 Å². The van der Waals surface area contributed by atoms with Crippen molar-refractivity contribution in [3.05, 3.63) is 17.8 Å². The molecule has 0 saturated heterocycles. The van der Waals surface area contributed by atoms with E-state index in [1.807, 2.05) is 13.8 Å². The molecule has 2 N–H and O–H groups in total. The highest BCUT2D eigenvalue weighted by Gasteiger charge is 2.12. The highest BCUT2D eigenvalue weighted by Crippen LogP contribution is 2.17. The first-order valence-electron chi connectivity index (χ1n) is 5.62. The number of hydrogen-bond acceptors (Lipinski definition) is 6. The van der Waals surface area contributed by atoms with Gasteiger partial charge in [0.15, 0.2) is 0 Å². The number of ether oxygens (including phenoxy) is 3. The van der Waals surface area contributed by atoms with E-state index in [9.17, 15) is 4.79 Å². The second kappa shape index (κ2) is 6.80. The zero-order valence-corrected chi connectivity index (χ0v) is 10.8. The third-order valence-electron chi connectivity index (χ3n) is 2.10. The predicted molar refractivity (Wildman–Crippen MR) is 66.6 cm³/mol. The first kappa shape index (κ1) is 14.2. The first-order chi connectivity index (χ1) is 8.54. The van der Waals surface area contributed by atoms with Gasteiger partial charge in [-0.05, 0) is 13.8 Å². The minimum atomic E-state index is -0.516. The van der Waals surface area contributed by atoms with Gasteiger partial charge in [-0.2, -0.15) is 0 Å². The van der Waals surface area contributed by atoms with Crippen molar-refractivity contribution in [2.24, 2.45) is 0 Å². The number of nitrogens with zero attached hydrogens (tertiary/aromatic N) is 1. The van der Waals surface area contributed by atoms with E-state index in [1.165, 1.54) is 19.4 Å². The number of nitrogens with two attached hydrogens (primary N) is 1. The quantitative estimate of drug-likeness (QED) is 0.607. The summed E-state index contributed by atoms with van der Waals surface area (Å²) in [6.45, 7) is 4.70. The molecule has 0 amide bonds. The Bertz CT molecular complexity index is 407. The van der Waals surface area contributed by atoms with Gasteiger partial charge in [0.2, 0.25) is 5.88 Å². The summed E-state index contributed by atoms with van der Waals surface area (Å²) in [5, 5.41) is 0. The molecule has 6 heteroatoms. The van der Waals surface area contributed by atoms with Crippen molar-refractivity contribution in [1.82, 2.24) is 4.98 Å². The maximum atomic E-state index is 11.4. The van der Waals surface area contributed by atoms with E-state index in [0.717, 1.165) is 0 Å². The molecule has 6 nitrogen and oxygen atoms in total. The number of methoxy groups -OCH3 is 1. The maximum absolute atomic E-state index is 11.4. The van der Waals surface area contributed by atoms with Gasteiger partial charge in [0.1, 0.15) is 6.61 Å². The summed E-state index contributed by atoms with van der Waals surface area (Å²) in [5.41, 5.74) is 6.12. The number of nitrogen functional groups attached to an aromatic ring is 1. The molecule has 0 aliphatic carbocycles. The van der Waals surface area contributed by atoms with Gasteiger partial charge in [-0.3, -0.25) is 0 Å². The van der Waals surface area contributed by atoms with Gasteiger partial charge in [-0.25, -0.2) is 9.78 Å². The lowest BCUT2D eigenvalue weighted by Crippen LogP contribution is -2.13. The number of anilines is 1. The Morgan fingerprint density at radius 1 is 1.44 bits per heavy atom. The Balaban J connectivity index is 2.59. The Kier molecular flexibility index (Phi) is 5.38. The van der Waals surface area contributed by atoms with Crippen LogP contribution >= 0.6 is 0 Å². The van der Waals surface area contributed by atoms with Crippen molar-refractivity contribution in [3.8, 4) is 5.88 Å². The summed E-state index contributed by atoms with van der Waals surface area (Å²) in [6, 6.07) is 1.45. The number of carbonyl (C=O) groups is 1. The van der Waals surface area contributed by atoms with Crippen molar-refractivity contribution in [2.75, 3.05) is 26.1 Å². The zero-order valence-electron chi connectivity index (χ0n) is 10.8. The number of rotatable bonds is 6. The van der Waals surface area contributed by atoms with E-state index < -0.39 is 5.97 Å². The third-order valence-corrected chi connectivity index (χ3v) is 2.10. The number of hydrogen-bond donors (Lipinski definition) is 1. The van der Waals surface area contributed by atoms with E-state index in [-0.39, 0.29) is 17.4 Å². The van der Waals surface area contributed by atoms with E-state index in [1.54, 1.807) is 0 Å². The molecule has 0 bridgehead atoms. The van der Waals surface area contributed by atoms with Crippen molar-refractivity contribution in [1.29, 1.82) is 0 Å². The monoisotopic (exact) mass is 254 g/mol. The van der Waals surface area contributed by atoms with Crippen LogP contribution in [-0.4, -0.2) is 37.4 Å². The van der Waals surface area contributed by atoms with Crippen LogP contribution in [0.3, 0.4) is 0 Å². The summed E-state index contributed by atoms with van der Waals surface area (Å²) in [4.78, 5) is 15.4. The van der Waals surface area contributed by atoms with Crippen LogP contribution in [0.4, 0.5) is 5.69 Å². The van der Waals surface area contributed by atoms with Crippen molar-refractivity contribution >= 4 is 11.7 Å². The van der Waals surface area contributed by atoms with Crippen molar-refractivity contribution < 1.29 is 19.0 Å². The molecule has 1 aromatic heterocycles. The molecule has 18 heavy (non-hydrogen) atoms. The summed E-state index contributed by atoms with van der Waals surface area (Å²) < 4.78 is 15.3. The zero-order chi connectivity index (χ0) is 13.5. The summed E-state index contributed by atoms with van der Waals surface area (Å²) in [5.74, 6) is -0.199. The van der Waals surface area contributed by atoms with Gasteiger partial charge in [0.25, 0.3) is 0 Å². The molecule has 100 valence electrons. The van der Waals surface area contributed by atoms with Crippen molar-refractivity contribution in [2.45, 2.75) is 20.0 Å². The van der Waals surface area contributed by atoms with Crippen LogP contribution in [0.25, 0.3) is 0 Å². The summed E-state index contributed by atoms with van der Waals surface area (Å²) in [6.07, 6.45) is 1.52. The predicted octanol–water partition coefficient (Wildman–Crippen LogP) is 1.25. The lowest BCUT2D eigenvalue weighted by Gasteiger charge is -2.10. The second-order valence-electron chi connectivity index (χ2n) is 3.87. The van der Waals surface area contributed by atoms with Crippen LogP contribution in [0.15, 0.2) is 12.3 Å². The summed E-state index contributed by atoms with van der Waals surface area (Å²) >= 11 is 0. The van der Waals surface area contributed by atoms with Gasteiger partial charge in [-0.15, -0.1) is 0 Å². The van der Waals surface area contributed by atoms with Gasteiger partial charge in [0.05, 0.1) is 37.3 Å². The topological polar surface area (TPSA) is 83.7 Å². The highest BCUT2D eigenvalue weighted by atomic mass is 16.5. The second-order valence-corrected chi connectivity index (χ2v) is 3.87. The van der Waals surface area contributed by atoms with E-state index in [2.05, 4.69) is 9.72 Å². The molecule has 0 aliphatic rings. The molecule has 0 saturated carbocycles. The van der Waals surface area contributed by atoms with Gasteiger partial charge in [0, 0.05) is 6.07 Å². The minimum Gasteiger partial charge on any atom is -0.475 e. The Morgan fingerprint density at radius 2 is 2.17 bits per heavy atom. The first-order valence-corrected chi connectivity index (χ1v) is 5.62. The van der Waals surface area contributed by atoms with Crippen molar-refractivity contribution in [3.63, 3.8) is 0 Å². The molecule has 1 heterocycles. The SMILES string of the molecule is COC(=O)c1cc(OCCOC(C)C)ncc1N. The number of aromatic nitrogens is 1. The van der Waals surface area contributed by atoms with Crippen LogP contribution in [0.1, 0.15) is 24.2 Å². The van der Waals surface area contributed by atoms with Crippen LogP contribution < -0.4 is 10.5 Å². The standard InChI is InChI=1S/C12H18N2O4/c1-8(2)17-4-5-18-11-6-9(12(15)16-3)10(13)7-14-11/h6-8H,4-5,13H2,1-3H3. The normalized spacial score (nSPS) is 10.4. The lowest BCUT2D eigenvalue weighted by atomic mass is 10.2. The third kappa shape index (κ3) is 4.21. The highest BCUT2D eigenvalue weighted by molar-refractivity contribution is 5.95. The lowest BCUT2D eigenvalue weighted by molar-refractivity contribution is 0.0540. The van der Waals surface area contributed by atoms with E-state index in [0.29, 0.717) is 19.1 Å². The van der Waals surface area contributed by atoms with Gasteiger partial charge >= 0.3 is 5.97 Å². The average Bonchev–Trinajstić information content (AvgIpc) is 2.35. The molecule has 0 atom stereocenters. The Labute approximate surface area is 106 Å². The number of esters is 1. The van der Waals surface area contributed by atoms with Gasteiger partial charge < -0.3 is 19.9 Å². The average molecular weight is 254 g/mol. The Hall–Kier alpha value is -1.82. The number of pyridine rings is 1. The molecule has 1 rings (SSSR count). The molecule has 0 spiro atoms. The minimum absolute atomic E-state index is 0.151. The molecular weight excluding hydrogens is 236 g/mol. The molecule has 0 aliphatic heterocycles. The molecular formula is C12H18N2O4. The van der Waals surface area contributed by atoms with Crippen LogP contribution in [0, 0.1) is 0 Å². The molecule has 0 aromatic carbocycles. The summed E-state index contributed by atoms with van der Waals surface area (Å²) in [7, 11) is 1.29. The van der Waals surface area contributed by atoms with Crippen LogP contribution in [0.5, 0.6) is 5.88 Å². The smallest absolute Gasteiger partial charge is 0.340 e. The molecule has 0 radical (unpaired) electrons. The molecule has 1 aromatic rings. The van der Waals surface area contributed by atoms with E-state index >= 15 is 0 Å². The van der Waals surface area contributed by atoms with E-state index in [4.69, 9.17) is 15.2 Å². The fraction of sp³-hybridized carbons (Fsp3) is 0.500. The Morgan fingerprint density at radius 3 is 2.78 bits per heavy atom. The number of carbonyl (C=O) groups excluding carboxylic acids is 1. The fourth-order valence-corrected chi connectivity index (χ4v) is 1.24. The molecule has 0 unspecified atom stereocenters. The van der Waals surface area contributed by atoms with Gasteiger partial charge in [-0.1, -0.05) is 0 Å². The van der Waals surface area contributed by atoms with Crippen LogP contribution in [0.2, 0.25) is 0 Å².